The van der Waals surface area contributed by atoms with E-state index >= 15 is 0 Å². The number of hydrogen-bond donors (Lipinski definition) is 1. The number of aromatic nitrogens is 1. The van der Waals surface area contributed by atoms with Crippen LogP contribution in [0.3, 0.4) is 0 Å². The van der Waals surface area contributed by atoms with Crippen LogP contribution >= 0.6 is 11.3 Å². The minimum absolute atomic E-state index is 0.188. The third-order valence-electron chi connectivity index (χ3n) is 3.20. The smallest absolute Gasteiger partial charge is 0.0794 e. The quantitative estimate of drug-likeness (QED) is 0.877. The standard InChI is InChI=1S/C12H20N2OS/c1-10(15)6-11-4-2-3-5-14(11)8-12-7-13-9-16-12/h7,9-11,15H,2-6,8H2,1H3. The molecule has 4 heteroatoms. The third kappa shape index (κ3) is 3.27. The van der Waals surface area contributed by atoms with Gasteiger partial charge in [0.25, 0.3) is 0 Å². The molecule has 0 bridgehead atoms. The van der Waals surface area contributed by atoms with Crippen molar-refractivity contribution in [3.63, 3.8) is 0 Å². The molecule has 1 fully saturated rings. The summed E-state index contributed by atoms with van der Waals surface area (Å²) in [5.41, 5.74) is 1.89. The van der Waals surface area contributed by atoms with E-state index in [-0.39, 0.29) is 6.10 Å². The molecular formula is C12H20N2OS. The van der Waals surface area contributed by atoms with Gasteiger partial charge in [-0.05, 0) is 32.7 Å². The Kier molecular flexibility index (Phi) is 4.32. The zero-order chi connectivity index (χ0) is 11.4. The van der Waals surface area contributed by atoms with Crippen LogP contribution in [0, 0.1) is 0 Å². The molecule has 1 saturated heterocycles. The van der Waals surface area contributed by atoms with E-state index in [9.17, 15) is 5.11 Å². The monoisotopic (exact) mass is 240 g/mol. The first-order valence-electron chi connectivity index (χ1n) is 6.05. The van der Waals surface area contributed by atoms with Crippen molar-refractivity contribution in [2.45, 2.75) is 51.3 Å². The second-order valence-electron chi connectivity index (χ2n) is 4.67. The molecule has 16 heavy (non-hydrogen) atoms. The molecule has 0 aromatic carbocycles. The first-order valence-corrected chi connectivity index (χ1v) is 6.93. The van der Waals surface area contributed by atoms with Gasteiger partial charge in [-0.15, -0.1) is 11.3 Å². The van der Waals surface area contributed by atoms with E-state index in [1.807, 2.05) is 18.6 Å². The molecule has 2 rings (SSSR count). The zero-order valence-corrected chi connectivity index (χ0v) is 10.6. The average Bonchev–Trinajstić information content (AvgIpc) is 2.73. The molecule has 1 N–H and O–H groups in total. The van der Waals surface area contributed by atoms with Crippen molar-refractivity contribution in [1.82, 2.24) is 9.88 Å². The highest BCUT2D eigenvalue weighted by Crippen LogP contribution is 2.23. The fourth-order valence-electron chi connectivity index (χ4n) is 2.45. The second kappa shape index (κ2) is 5.75. The summed E-state index contributed by atoms with van der Waals surface area (Å²) in [6.07, 6.45) is 6.49. The Morgan fingerprint density at radius 1 is 1.62 bits per heavy atom. The summed E-state index contributed by atoms with van der Waals surface area (Å²) < 4.78 is 0. The number of nitrogens with zero attached hydrogens (tertiary/aromatic N) is 2. The molecule has 2 heterocycles. The van der Waals surface area contributed by atoms with E-state index < -0.39 is 0 Å². The SMILES string of the molecule is CC(O)CC1CCCCN1Cc1cncs1. The Balaban J connectivity index is 1.93. The van der Waals surface area contributed by atoms with E-state index in [0.29, 0.717) is 6.04 Å². The molecule has 90 valence electrons. The van der Waals surface area contributed by atoms with Crippen molar-refractivity contribution >= 4 is 11.3 Å². The number of hydrogen-bond acceptors (Lipinski definition) is 4. The molecular weight excluding hydrogens is 220 g/mol. The Morgan fingerprint density at radius 3 is 3.19 bits per heavy atom. The lowest BCUT2D eigenvalue weighted by Crippen LogP contribution is -2.40. The summed E-state index contributed by atoms with van der Waals surface area (Å²) in [6.45, 7) is 4.05. The van der Waals surface area contributed by atoms with Gasteiger partial charge in [0.2, 0.25) is 0 Å². The maximum atomic E-state index is 9.51. The topological polar surface area (TPSA) is 36.4 Å². The van der Waals surface area contributed by atoms with Gasteiger partial charge in [-0.2, -0.15) is 0 Å². The highest BCUT2D eigenvalue weighted by molar-refractivity contribution is 7.09. The van der Waals surface area contributed by atoms with Crippen molar-refractivity contribution in [1.29, 1.82) is 0 Å². The van der Waals surface area contributed by atoms with E-state index in [4.69, 9.17) is 0 Å². The molecule has 1 aliphatic heterocycles. The molecule has 0 aliphatic carbocycles. The molecule has 0 spiro atoms. The van der Waals surface area contributed by atoms with Crippen molar-refractivity contribution in [2.24, 2.45) is 0 Å². The summed E-state index contributed by atoms with van der Waals surface area (Å²) in [7, 11) is 0. The molecule has 2 atom stereocenters. The van der Waals surface area contributed by atoms with Crippen LogP contribution in [0.2, 0.25) is 0 Å². The van der Waals surface area contributed by atoms with Gasteiger partial charge < -0.3 is 5.11 Å². The van der Waals surface area contributed by atoms with Crippen LogP contribution in [0.1, 0.15) is 37.5 Å². The number of thiazole rings is 1. The minimum Gasteiger partial charge on any atom is -0.393 e. The lowest BCUT2D eigenvalue weighted by Gasteiger charge is -2.36. The first-order chi connectivity index (χ1) is 7.75. The van der Waals surface area contributed by atoms with Gasteiger partial charge in [0.15, 0.2) is 0 Å². The maximum absolute atomic E-state index is 9.51. The second-order valence-corrected chi connectivity index (χ2v) is 5.64. The van der Waals surface area contributed by atoms with Gasteiger partial charge in [0.05, 0.1) is 11.6 Å². The van der Waals surface area contributed by atoms with Gasteiger partial charge >= 0.3 is 0 Å². The first kappa shape index (κ1) is 12.0. The van der Waals surface area contributed by atoms with Gasteiger partial charge in [-0.1, -0.05) is 6.42 Å². The van der Waals surface area contributed by atoms with Crippen molar-refractivity contribution in [3.8, 4) is 0 Å². The predicted molar refractivity (Wildman–Crippen MR) is 66.5 cm³/mol. The van der Waals surface area contributed by atoms with Gasteiger partial charge in [0, 0.05) is 23.7 Å². The van der Waals surface area contributed by atoms with Crippen molar-refractivity contribution in [2.75, 3.05) is 6.54 Å². The molecule has 2 unspecified atom stereocenters. The van der Waals surface area contributed by atoms with Crippen molar-refractivity contribution in [3.05, 3.63) is 16.6 Å². The fourth-order valence-corrected chi connectivity index (χ4v) is 3.07. The van der Waals surface area contributed by atoms with E-state index in [2.05, 4.69) is 9.88 Å². The lowest BCUT2D eigenvalue weighted by molar-refractivity contribution is 0.0824. The molecule has 0 amide bonds. The summed E-state index contributed by atoms with van der Waals surface area (Å²) in [4.78, 5) is 7.95. The largest absolute Gasteiger partial charge is 0.393 e. The molecule has 0 radical (unpaired) electrons. The summed E-state index contributed by atoms with van der Waals surface area (Å²) in [5, 5.41) is 9.51. The van der Waals surface area contributed by atoms with E-state index in [1.165, 1.54) is 24.1 Å². The van der Waals surface area contributed by atoms with Crippen molar-refractivity contribution < 1.29 is 5.11 Å². The third-order valence-corrected chi connectivity index (χ3v) is 3.97. The van der Waals surface area contributed by atoms with Gasteiger partial charge in [-0.25, -0.2) is 0 Å². The maximum Gasteiger partial charge on any atom is 0.0794 e. The highest BCUT2D eigenvalue weighted by atomic mass is 32.1. The minimum atomic E-state index is -0.188. The predicted octanol–water partition coefficient (Wildman–Crippen LogP) is 2.27. The summed E-state index contributed by atoms with van der Waals surface area (Å²) in [5.74, 6) is 0. The molecule has 1 aromatic heterocycles. The van der Waals surface area contributed by atoms with Crippen LogP contribution in [0.5, 0.6) is 0 Å². The van der Waals surface area contributed by atoms with Gasteiger partial charge in [0.1, 0.15) is 0 Å². The van der Waals surface area contributed by atoms with Gasteiger partial charge in [-0.3, -0.25) is 9.88 Å². The Labute approximate surface area is 101 Å². The van der Waals surface area contributed by atoms with E-state index in [0.717, 1.165) is 19.5 Å². The van der Waals surface area contributed by atoms with Crippen LogP contribution < -0.4 is 0 Å². The molecule has 0 saturated carbocycles. The summed E-state index contributed by atoms with van der Waals surface area (Å²) >= 11 is 1.72. The number of rotatable bonds is 4. The molecule has 1 aromatic rings. The number of aliphatic hydroxyl groups excluding tert-OH is 1. The number of aliphatic hydroxyl groups is 1. The van der Waals surface area contributed by atoms with Crippen LogP contribution in [-0.4, -0.2) is 33.7 Å². The van der Waals surface area contributed by atoms with E-state index in [1.54, 1.807) is 11.3 Å². The Hall–Kier alpha value is -0.450. The fraction of sp³-hybridized carbons (Fsp3) is 0.750. The van der Waals surface area contributed by atoms with Crippen LogP contribution in [0.25, 0.3) is 0 Å². The number of likely N-dealkylation sites (tertiary alicyclic amines) is 1. The zero-order valence-electron chi connectivity index (χ0n) is 9.80. The average molecular weight is 240 g/mol. The molecule has 1 aliphatic rings. The van der Waals surface area contributed by atoms with Crippen LogP contribution in [-0.2, 0) is 6.54 Å². The molecule has 3 nitrogen and oxygen atoms in total. The highest BCUT2D eigenvalue weighted by Gasteiger charge is 2.23. The lowest BCUT2D eigenvalue weighted by atomic mass is 9.97. The van der Waals surface area contributed by atoms with Crippen LogP contribution in [0.15, 0.2) is 11.7 Å². The summed E-state index contributed by atoms with van der Waals surface area (Å²) in [6, 6.07) is 0.552. The Bertz CT molecular complexity index is 300. The Morgan fingerprint density at radius 2 is 2.50 bits per heavy atom. The van der Waals surface area contributed by atoms with Crippen LogP contribution in [0.4, 0.5) is 0 Å². The normalized spacial score (nSPS) is 24.5. The number of piperidine rings is 1.